The standard InChI is InChI=1S/C13H25N3O3/c1-3-5-6-14-12(17)11-15-7-9-16(10-8-15)13(18)19-4-2/h3-11H2,1-2H3,(H,14,17). The molecular formula is C13H25N3O3. The SMILES string of the molecule is CCCCNC(=O)CN1CCN(C(=O)OCC)CC1. The molecule has 0 unspecified atom stereocenters. The van der Waals surface area contributed by atoms with Gasteiger partial charge >= 0.3 is 6.09 Å². The van der Waals surface area contributed by atoms with Gasteiger partial charge in [-0.2, -0.15) is 0 Å². The maximum Gasteiger partial charge on any atom is 0.409 e. The fraction of sp³-hybridized carbons (Fsp3) is 0.846. The predicted octanol–water partition coefficient (Wildman–Crippen LogP) is 0.677. The highest BCUT2D eigenvalue weighted by Crippen LogP contribution is 2.03. The summed E-state index contributed by atoms with van der Waals surface area (Å²) in [6.45, 7) is 8.16. The highest BCUT2D eigenvalue weighted by atomic mass is 16.6. The van der Waals surface area contributed by atoms with Gasteiger partial charge in [0, 0.05) is 32.7 Å². The van der Waals surface area contributed by atoms with Crippen LogP contribution < -0.4 is 5.32 Å². The van der Waals surface area contributed by atoms with Gasteiger partial charge in [0.1, 0.15) is 0 Å². The van der Waals surface area contributed by atoms with Gasteiger partial charge < -0.3 is 15.0 Å². The van der Waals surface area contributed by atoms with Crippen LogP contribution in [0.4, 0.5) is 4.79 Å². The van der Waals surface area contributed by atoms with E-state index in [9.17, 15) is 9.59 Å². The molecule has 0 saturated carbocycles. The molecule has 1 saturated heterocycles. The maximum atomic E-state index is 11.6. The van der Waals surface area contributed by atoms with Crippen molar-refractivity contribution in [3.63, 3.8) is 0 Å². The van der Waals surface area contributed by atoms with E-state index < -0.39 is 0 Å². The van der Waals surface area contributed by atoms with Crippen molar-refractivity contribution in [1.29, 1.82) is 0 Å². The first-order chi connectivity index (χ1) is 9.17. The van der Waals surface area contributed by atoms with Gasteiger partial charge in [-0.3, -0.25) is 9.69 Å². The van der Waals surface area contributed by atoms with E-state index in [-0.39, 0.29) is 12.0 Å². The van der Waals surface area contributed by atoms with E-state index in [1.165, 1.54) is 0 Å². The minimum absolute atomic E-state index is 0.0676. The molecule has 1 N–H and O–H groups in total. The topological polar surface area (TPSA) is 61.9 Å². The fourth-order valence-corrected chi connectivity index (χ4v) is 1.97. The lowest BCUT2D eigenvalue weighted by molar-refractivity contribution is -0.122. The van der Waals surface area contributed by atoms with Crippen LogP contribution in [0, 0.1) is 0 Å². The molecule has 1 heterocycles. The Morgan fingerprint density at radius 3 is 2.42 bits per heavy atom. The van der Waals surface area contributed by atoms with Crippen LogP contribution in [-0.4, -0.2) is 67.7 Å². The van der Waals surface area contributed by atoms with Crippen LogP contribution in [0.5, 0.6) is 0 Å². The summed E-state index contributed by atoms with van der Waals surface area (Å²) in [5.41, 5.74) is 0. The molecule has 0 spiro atoms. The van der Waals surface area contributed by atoms with Gasteiger partial charge in [0.15, 0.2) is 0 Å². The number of piperazine rings is 1. The number of nitrogens with one attached hydrogen (secondary N) is 1. The van der Waals surface area contributed by atoms with Crippen molar-refractivity contribution in [2.24, 2.45) is 0 Å². The summed E-state index contributed by atoms with van der Waals surface area (Å²) >= 11 is 0. The fourth-order valence-electron chi connectivity index (χ4n) is 1.97. The van der Waals surface area contributed by atoms with Crippen molar-refractivity contribution in [3.05, 3.63) is 0 Å². The first-order valence-electron chi connectivity index (χ1n) is 7.08. The molecule has 0 aliphatic carbocycles. The van der Waals surface area contributed by atoms with Crippen LogP contribution in [0.2, 0.25) is 0 Å². The predicted molar refractivity (Wildman–Crippen MR) is 73.0 cm³/mol. The van der Waals surface area contributed by atoms with Crippen molar-refractivity contribution in [1.82, 2.24) is 15.1 Å². The lowest BCUT2D eigenvalue weighted by Gasteiger charge is -2.33. The summed E-state index contributed by atoms with van der Waals surface area (Å²) in [6.07, 6.45) is 1.84. The van der Waals surface area contributed by atoms with Crippen LogP contribution in [0.25, 0.3) is 0 Å². The second-order valence-corrected chi connectivity index (χ2v) is 4.67. The lowest BCUT2D eigenvalue weighted by Crippen LogP contribution is -2.51. The molecule has 6 nitrogen and oxygen atoms in total. The van der Waals surface area contributed by atoms with Gasteiger partial charge in [0.2, 0.25) is 5.91 Å². The second kappa shape index (κ2) is 8.74. The Hall–Kier alpha value is -1.30. The average molecular weight is 271 g/mol. The van der Waals surface area contributed by atoms with E-state index in [4.69, 9.17) is 4.74 Å². The molecule has 2 amide bonds. The monoisotopic (exact) mass is 271 g/mol. The molecule has 1 fully saturated rings. The van der Waals surface area contributed by atoms with Crippen LogP contribution in [-0.2, 0) is 9.53 Å². The largest absolute Gasteiger partial charge is 0.450 e. The van der Waals surface area contributed by atoms with E-state index in [2.05, 4.69) is 17.1 Å². The normalized spacial score (nSPS) is 16.2. The highest BCUT2D eigenvalue weighted by molar-refractivity contribution is 5.78. The van der Waals surface area contributed by atoms with E-state index in [1.807, 2.05) is 0 Å². The molecule has 0 radical (unpaired) electrons. The molecule has 0 aromatic rings. The number of amides is 2. The lowest BCUT2D eigenvalue weighted by atomic mass is 10.3. The zero-order valence-corrected chi connectivity index (χ0v) is 12.0. The second-order valence-electron chi connectivity index (χ2n) is 4.67. The van der Waals surface area contributed by atoms with Gasteiger partial charge in [-0.25, -0.2) is 4.79 Å². The van der Waals surface area contributed by atoms with Gasteiger partial charge in [0.25, 0.3) is 0 Å². The highest BCUT2D eigenvalue weighted by Gasteiger charge is 2.22. The first kappa shape index (κ1) is 15.8. The first-order valence-corrected chi connectivity index (χ1v) is 7.08. The number of hydrogen-bond donors (Lipinski definition) is 1. The zero-order chi connectivity index (χ0) is 14.1. The molecule has 0 atom stereocenters. The summed E-state index contributed by atoms with van der Waals surface area (Å²) in [5, 5.41) is 2.90. The zero-order valence-electron chi connectivity index (χ0n) is 12.0. The van der Waals surface area contributed by atoms with Gasteiger partial charge in [-0.1, -0.05) is 13.3 Å². The summed E-state index contributed by atoms with van der Waals surface area (Å²) in [7, 11) is 0. The Morgan fingerprint density at radius 1 is 1.16 bits per heavy atom. The molecule has 1 aliphatic rings. The maximum absolute atomic E-state index is 11.6. The molecule has 0 aromatic carbocycles. The molecule has 0 aromatic heterocycles. The number of unbranched alkanes of at least 4 members (excludes halogenated alkanes) is 1. The van der Waals surface area contributed by atoms with Crippen molar-refractivity contribution < 1.29 is 14.3 Å². The molecule has 0 bridgehead atoms. The average Bonchev–Trinajstić information content (AvgIpc) is 2.40. The van der Waals surface area contributed by atoms with E-state index in [0.717, 1.165) is 32.5 Å². The number of ether oxygens (including phenoxy) is 1. The Bertz CT molecular complexity index is 289. The molecule has 1 rings (SSSR count). The Kier molecular flexibility index (Phi) is 7.25. The number of carbonyl (C=O) groups excluding carboxylic acids is 2. The van der Waals surface area contributed by atoms with Gasteiger partial charge in [-0.05, 0) is 13.3 Å². The third-order valence-electron chi connectivity index (χ3n) is 3.12. The van der Waals surface area contributed by atoms with Crippen molar-refractivity contribution in [2.45, 2.75) is 26.7 Å². The number of hydrogen-bond acceptors (Lipinski definition) is 4. The van der Waals surface area contributed by atoms with Gasteiger partial charge in [-0.15, -0.1) is 0 Å². The minimum atomic E-state index is -0.255. The van der Waals surface area contributed by atoms with Gasteiger partial charge in [0.05, 0.1) is 13.2 Å². The van der Waals surface area contributed by atoms with Crippen LogP contribution >= 0.6 is 0 Å². The van der Waals surface area contributed by atoms with Crippen LogP contribution in [0.1, 0.15) is 26.7 Å². The Morgan fingerprint density at radius 2 is 1.84 bits per heavy atom. The Balaban J connectivity index is 2.19. The molecule has 1 aliphatic heterocycles. The molecule has 110 valence electrons. The van der Waals surface area contributed by atoms with Crippen LogP contribution in [0.15, 0.2) is 0 Å². The van der Waals surface area contributed by atoms with Crippen molar-refractivity contribution in [2.75, 3.05) is 45.9 Å². The Labute approximate surface area is 115 Å². The van der Waals surface area contributed by atoms with Crippen LogP contribution in [0.3, 0.4) is 0 Å². The summed E-state index contributed by atoms with van der Waals surface area (Å²) in [6, 6.07) is 0. The molecule has 19 heavy (non-hydrogen) atoms. The number of carbonyl (C=O) groups is 2. The number of rotatable bonds is 6. The molecule has 6 heteroatoms. The summed E-state index contributed by atoms with van der Waals surface area (Å²) in [4.78, 5) is 26.9. The summed E-state index contributed by atoms with van der Waals surface area (Å²) < 4.78 is 4.95. The summed E-state index contributed by atoms with van der Waals surface area (Å²) in [5.74, 6) is 0.0676. The smallest absolute Gasteiger partial charge is 0.409 e. The molecular weight excluding hydrogens is 246 g/mol. The van der Waals surface area contributed by atoms with E-state index >= 15 is 0 Å². The number of nitrogens with zero attached hydrogens (tertiary/aromatic N) is 2. The van der Waals surface area contributed by atoms with E-state index in [0.29, 0.717) is 26.2 Å². The minimum Gasteiger partial charge on any atom is -0.450 e. The van der Waals surface area contributed by atoms with E-state index in [1.54, 1.807) is 11.8 Å². The quantitative estimate of drug-likeness (QED) is 0.722. The van der Waals surface area contributed by atoms with Crippen molar-refractivity contribution >= 4 is 12.0 Å². The third kappa shape index (κ3) is 5.92. The van der Waals surface area contributed by atoms with Crippen molar-refractivity contribution in [3.8, 4) is 0 Å². The third-order valence-corrected chi connectivity index (χ3v) is 3.12.